The number of hydrogen-bond acceptors (Lipinski definition) is 4. The lowest BCUT2D eigenvalue weighted by Crippen LogP contribution is -2.36. The summed E-state index contributed by atoms with van der Waals surface area (Å²) in [5, 5.41) is 0. The third-order valence-electron chi connectivity index (χ3n) is 8.72. The van der Waals surface area contributed by atoms with Crippen LogP contribution in [0.5, 0.6) is 5.75 Å². The highest BCUT2D eigenvalue weighted by Crippen LogP contribution is 2.40. The van der Waals surface area contributed by atoms with Crippen LogP contribution in [0.2, 0.25) is 0 Å². The van der Waals surface area contributed by atoms with Gasteiger partial charge in [0.15, 0.2) is 17.9 Å². The second-order valence-corrected chi connectivity index (χ2v) is 12.0. The van der Waals surface area contributed by atoms with Gasteiger partial charge in [0, 0.05) is 17.0 Å². The van der Waals surface area contributed by atoms with Gasteiger partial charge in [-0.05, 0) is 73.8 Å². The summed E-state index contributed by atoms with van der Waals surface area (Å²) in [4.78, 5) is 0. The van der Waals surface area contributed by atoms with Gasteiger partial charge in [0.1, 0.15) is 5.82 Å². The second kappa shape index (κ2) is 14.7. The third-order valence-corrected chi connectivity index (χ3v) is 8.72. The summed E-state index contributed by atoms with van der Waals surface area (Å²) in [6.45, 7) is 2.81. The Morgan fingerprint density at radius 2 is 1.46 bits per heavy atom. The number of ether oxygens (including phenoxy) is 4. The standard InChI is InChI=1S/C35H37F7O4/c1-2-3-4-5-22-6-12-27(13-7-22)34(38,39)45-28-14-8-23(9-15-28)26-20-43-33(44-21-26)25-10-16-29(30(36)19-25)24-11-17-32(31(37)18-24)46-35(40,41)42/h6-7,10-13,16-19,23,26,28,33H,2-5,8-9,14-15,20-21H2,1H3. The Kier molecular flexibility index (Phi) is 11.0. The lowest BCUT2D eigenvalue weighted by Gasteiger charge is -2.38. The number of benzene rings is 3. The van der Waals surface area contributed by atoms with Crippen molar-refractivity contribution in [3.05, 3.63) is 89.0 Å². The minimum absolute atomic E-state index is 0.0149. The molecule has 5 rings (SSSR count). The molecule has 0 radical (unpaired) electrons. The van der Waals surface area contributed by atoms with Crippen LogP contribution in [0, 0.1) is 23.5 Å². The van der Waals surface area contributed by atoms with Gasteiger partial charge in [0.25, 0.3) is 0 Å². The summed E-state index contributed by atoms with van der Waals surface area (Å²) in [5.74, 6) is -2.77. The third kappa shape index (κ3) is 8.80. The lowest BCUT2D eigenvalue weighted by molar-refractivity contribution is -0.279. The van der Waals surface area contributed by atoms with E-state index in [-0.39, 0.29) is 28.5 Å². The molecule has 0 amide bonds. The summed E-state index contributed by atoms with van der Waals surface area (Å²) in [5.41, 5.74) is 1.32. The molecule has 2 aliphatic rings. The molecule has 2 fully saturated rings. The summed E-state index contributed by atoms with van der Waals surface area (Å²) >= 11 is 0. The largest absolute Gasteiger partial charge is 0.573 e. The molecule has 250 valence electrons. The minimum Gasteiger partial charge on any atom is -0.403 e. The molecule has 0 atom stereocenters. The molecular formula is C35H37F7O4. The van der Waals surface area contributed by atoms with Crippen molar-refractivity contribution in [2.45, 2.75) is 83.2 Å². The molecule has 11 heteroatoms. The number of rotatable bonds is 11. The Balaban J connectivity index is 1.09. The molecule has 3 aromatic rings. The summed E-state index contributed by atoms with van der Waals surface area (Å²) < 4.78 is 117. The predicted octanol–water partition coefficient (Wildman–Crippen LogP) is 10.2. The number of halogens is 7. The Bertz CT molecular complexity index is 1430. The van der Waals surface area contributed by atoms with Gasteiger partial charge >= 0.3 is 12.5 Å². The molecule has 1 aliphatic heterocycles. The van der Waals surface area contributed by atoms with E-state index in [9.17, 15) is 30.7 Å². The van der Waals surface area contributed by atoms with Crippen LogP contribution in [-0.2, 0) is 26.7 Å². The minimum atomic E-state index is -5.05. The first kappa shape index (κ1) is 34.2. The van der Waals surface area contributed by atoms with E-state index in [2.05, 4.69) is 11.7 Å². The average Bonchev–Trinajstić information content (AvgIpc) is 3.02. The van der Waals surface area contributed by atoms with E-state index in [0.29, 0.717) is 44.5 Å². The molecule has 0 spiro atoms. The molecule has 3 aromatic carbocycles. The van der Waals surface area contributed by atoms with Crippen molar-refractivity contribution in [3.8, 4) is 16.9 Å². The van der Waals surface area contributed by atoms with Crippen LogP contribution < -0.4 is 4.74 Å². The number of hydrogen-bond donors (Lipinski definition) is 0. The zero-order valence-electron chi connectivity index (χ0n) is 25.4. The van der Waals surface area contributed by atoms with Crippen molar-refractivity contribution in [1.29, 1.82) is 0 Å². The zero-order valence-corrected chi connectivity index (χ0v) is 25.4. The highest BCUT2D eigenvalue weighted by atomic mass is 19.4. The molecule has 1 aliphatic carbocycles. The highest BCUT2D eigenvalue weighted by Gasteiger charge is 2.39. The van der Waals surface area contributed by atoms with Gasteiger partial charge in [-0.15, -0.1) is 13.2 Å². The SMILES string of the molecule is CCCCCc1ccc(C(F)(F)OC2CCC(C3COC(c4ccc(-c5ccc(OC(F)(F)F)c(F)c5)c(F)c4)OC3)CC2)cc1. The van der Waals surface area contributed by atoms with Crippen LogP contribution in [0.3, 0.4) is 0 Å². The molecule has 0 bridgehead atoms. The lowest BCUT2D eigenvalue weighted by atomic mass is 9.79. The molecule has 0 unspecified atom stereocenters. The molecular weight excluding hydrogens is 617 g/mol. The molecule has 1 saturated heterocycles. The topological polar surface area (TPSA) is 36.9 Å². The van der Waals surface area contributed by atoms with E-state index >= 15 is 0 Å². The fourth-order valence-corrected chi connectivity index (χ4v) is 6.17. The van der Waals surface area contributed by atoms with Crippen molar-refractivity contribution in [1.82, 2.24) is 0 Å². The maximum absolute atomic E-state index is 15.0. The van der Waals surface area contributed by atoms with Crippen molar-refractivity contribution in [2.75, 3.05) is 13.2 Å². The monoisotopic (exact) mass is 654 g/mol. The van der Waals surface area contributed by atoms with Crippen LogP contribution in [-0.4, -0.2) is 25.7 Å². The predicted molar refractivity (Wildman–Crippen MR) is 157 cm³/mol. The first-order valence-corrected chi connectivity index (χ1v) is 15.6. The van der Waals surface area contributed by atoms with E-state index in [4.69, 9.17) is 14.2 Å². The fraction of sp³-hybridized carbons (Fsp3) is 0.486. The maximum atomic E-state index is 15.0. The van der Waals surface area contributed by atoms with E-state index in [0.717, 1.165) is 49.4 Å². The van der Waals surface area contributed by atoms with Crippen LogP contribution in [0.25, 0.3) is 11.1 Å². The van der Waals surface area contributed by atoms with Gasteiger partial charge < -0.3 is 18.9 Å². The van der Waals surface area contributed by atoms with Crippen LogP contribution in [0.1, 0.15) is 74.8 Å². The normalized spacial score (nSPS) is 22.5. The molecule has 1 heterocycles. The number of alkyl halides is 5. The maximum Gasteiger partial charge on any atom is 0.573 e. The quantitative estimate of drug-likeness (QED) is 0.152. The molecule has 1 saturated carbocycles. The summed E-state index contributed by atoms with van der Waals surface area (Å²) in [7, 11) is 0. The van der Waals surface area contributed by atoms with Crippen molar-refractivity contribution < 1.29 is 49.7 Å². The van der Waals surface area contributed by atoms with Crippen molar-refractivity contribution >= 4 is 0 Å². The van der Waals surface area contributed by atoms with Crippen LogP contribution in [0.15, 0.2) is 60.7 Å². The molecule has 4 nitrogen and oxygen atoms in total. The van der Waals surface area contributed by atoms with Crippen molar-refractivity contribution in [3.63, 3.8) is 0 Å². The van der Waals surface area contributed by atoms with Gasteiger partial charge in [-0.1, -0.05) is 62.2 Å². The zero-order chi connectivity index (χ0) is 32.9. The molecule has 0 N–H and O–H groups in total. The first-order chi connectivity index (χ1) is 21.9. The van der Waals surface area contributed by atoms with Gasteiger partial charge in [0.2, 0.25) is 0 Å². The number of unbranched alkanes of at least 4 members (excludes halogenated alkanes) is 2. The number of aryl methyl sites for hydroxylation is 1. The average molecular weight is 655 g/mol. The van der Waals surface area contributed by atoms with Gasteiger partial charge in [-0.2, -0.15) is 8.78 Å². The van der Waals surface area contributed by atoms with E-state index < -0.39 is 42.2 Å². The van der Waals surface area contributed by atoms with Crippen LogP contribution >= 0.6 is 0 Å². The summed E-state index contributed by atoms with van der Waals surface area (Å²) in [6, 6.07) is 13.2. The van der Waals surface area contributed by atoms with Crippen LogP contribution in [0.4, 0.5) is 30.7 Å². The van der Waals surface area contributed by atoms with E-state index in [1.165, 1.54) is 24.3 Å². The smallest absolute Gasteiger partial charge is 0.403 e. The Morgan fingerprint density at radius 3 is 2.07 bits per heavy atom. The molecule has 46 heavy (non-hydrogen) atoms. The van der Waals surface area contributed by atoms with Gasteiger partial charge in [0.05, 0.1) is 24.9 Å². The van der Waals surface area contributed by atoms with E-state index in [1.54, 1.807) is 18.2 Å². The Labute approximate surface area is 263 Å². The Hall–Kier alpha value is -3.15. The molecule has 0 aromatic heterocycles. The van der Waals surface area contributed by atoms with Gasteiger partial charge in [-0.3, -0.25) is 0 Å². The fourth-order valence-electron chi connectivity index (χ4n) is 6.17. The van der Waals surface area contributed by atoms with E-state index in [1.807, 2.05) is 0 Å². The van der Waals surface area contributed by atoms with Gasteiger partial charge in [-0.25, -0.2) is 8.78 Å². The summed E-state index contributed by atoms with van der Waals surface area (Å²) in [6.07, 6.45) is -3.34. The van der Waals surface area contributed by atoms with Crippen molar-refractivity contribution in [2.24, 2.45) is 11.8 Å². The highest BCUT2D eigenvalue weighted by molar-refractivity contribution is 5.65. The second-order valence-electron chi connectivity index (χ2n) is 12.0. The Morgan fingerprint density at radius 1 is 0.761 bits per heavy atom. The first-order valence-electron chi connectivity index (χ1n) is 15.6.